The van der Waals surface area contributed by atoms with Crippen LogP contribution in [0.15, 0.2) is 53.2 Å². The zero-order valence-electron chi connectivity index (χ0n) is 13.0. The van der Waals surface area contributed by atoms with Crippen molar-refractivity contribution >= 4 is 17.6 Å². The lowest BCUT2D eigenvalue weighted by atomic mass is 10.1. The predicted molar refractivity (Wildman–Crippen MR) is 90.5 cm³/mol. The largest absolute Gasteiger partial charge is 0.466 e. The highest BCUT2D eigenvalue weighted by Crippen LogP contribution is 2.30. The van der Waals surface area contributed by atoms with E-state index in [1.54, 1.807) is 37.5 Å². The van der Waals surface area contributed by atoms with Gasteiger partial charge in [0.05, 0.1) is 18.7 Å². The molecule has 3 rings (SSSR count). The second kappa shape index (κ2) is 7.27. The van der Waals surface area contributed by atoms with Crippen LogP contribution in [0.1, 0.15) is 12.6 Å². The quantitative estimate of drug-likeness (QED) is 0.651. The van der Waals surface area contributed by atoms with Crippen molar-refractivity contribution in [3.05, 3.63) is 59.5 Å². The van der Waals surface area contributed by atoms with E-state index in [0.29, 0.717) is 29.0 Å². The number of rotatable bonds is 5. The van der Waals surface area contributed by atoms with Crippen LogP contribution >= 0.6 is 11.6 Å². The number of ether oxygens (including phenoxy) is 1. The zero-order chi connectivity index (χ0) is 16.9. The van der Waals surface area contributed by atoms with Gasteiger partial charge in [-0.2, -0.15) is 0 Å². The molecule has 0 fully saturated rings. The van der Waals surface area contributed by atoms with Gasteiger partial charge in [-0.1, -0.05) is 11.6 Å². The van der Waals surface area contributed by atoms with Gasteiger partial charge < -0.3 is 9.15 Å². The second-order valence-electron chi connectivity index (χ2n) is 5.03. The molecule has 122 valence electrons. The number of esters is 1. The van der Waals surface area contributed by atoms with Crippen molar-refractivity contribution in [3.63, 3.8) is 0 Å². The molecule has 3 aromatic rings. The van der Waals surface area contributed by atoms with E-state index in [1.165, 1.54) is 0 Å². The van der Waals surface area contributed by atoms with Crippen molar-refractivity contribution < 1.29 is 13.9 Å². The number of hydrogen-bond acceptors (Lipinski definition) is 5. The third-order valence-corrected chi connectivity index (χ3v) is 3.58. The van der Waals surface area contributed by atoms with Gasteiger partial charge >= 0.3 is 5.97 Å². The molecule has 5 nitrogen and oxygen atoms in total. The summed E-state index contributed by atoms with van der Waals surface area (Å²) in [7, 11) is 0. The van der Waals surface area contributed by atoms with E-state index >= 15 is 0 Å². The zero-order valence-corrected chi connectivity index (χ0v) is 13.8. The van der Waals surface area contributed by atoms with Crippen LogP contribution in [-0.4, -0.2) is 22.5 Å². The molecule has 0 saturated carbocycles. The van der Waals surface area contributed by atoms with Crippen LogP contribution in [0.25, 0.3) is 22.8 Å². The Morgan fingerprint density at radius 1 is 1.21 bits per heavy atom. The van der Waals surface area contributed by atoms with Gasteiger partial charge in [-0.15, -0.1) is 0 Å². The van der Waals surface area contributed by atoms with Crippen molar-refractivity contribution in [2.75, 3.05) is 6.61 Å². The number of benzene rings is 1. The van der Waals surface area contributed by atoms with Crippen molar-refractivity contribution in [3.8, 4) is 22.8 Å². The number of nitrogens with zero attached hydrogens (tertiary/aromatic N) is 2. The van der Waals surface area contributed by atoms with Crippen LogP contribution in [0.3, 0.4) is 0 Å². The number of carbonyl (C=O) groups excluding carboxylic acids is 1. The maximum Gasteiger partial charge on any atom is 0.312 e. The molecule has 0 saturated heterocycles. The monoisotopic (exact) mass is 342 g/mol. The first-order chi connectivity index (χ1) is 11.7. The molecule has 0 aliphatic heterocycles. The van der Waals surface area contributed by atoms with E-state index < -0.39 is 0 Å². The highest BCUT2D eigenvalue weighted by molar-refractivity contribution is 6.30. The fraction of sp³-hybridized carbons (Fsp3) is 0.167. The van der Waals surface area contributed by atoms with Gasteiger partial charge in [-0.3, -0.25) is 9.78 Å². The summed E-state index contributed by atoms with van der Waals surface area (Å²) < 4.78 is 10.9. The molecule has 0 N–H and O–H groups in total. The van der Waals surface area contributed by atoms with E-state index in [-0.39, 0.29) is 12.4 Å². The Balaban J connectivity index is 2.01. The number of pyridine rings is 1. The van der Waals surface area contributed by atoms with Gasteiger partial charge in [-0.25, -0.2) is 4.98 Å². The summed E-state index contributed by atoms with van der Waals surface area (Å²) in [5.74, 6) is 0.588. The van der Waals surface area contributed by atoms with Crippen LogP contribution < -0.4 is 0 Å². The van der Waals surface area contributed by atoms with E-state index in [9.17, 15) is 4.79 Å². The van der Waals surface area contributed by atoms with Crippen molar-refractivity contribution in [2.45, 2.75) is 13.3 Å². The molecule has 1 aromatic carbocycles. The molecule has 0 aliphatic rings. The molecule has 0 spiro atoms. The van der Waals surface area contributed by atoms with Crippen LogP contribution in [0.4, 0.5) is 0 Å². The number of carbonyl (C=O) groups is 1. The minimum atomic E-state index is -0.349. The molecule has 0 amide bonds. The lowest BCUT2D eigenvalue weighted by Gasteiger charge is -2.01. The molecule has 6 heteroatoms. The molecular weight excluding hydrogens is 328 g/mol. The lowest BCUT2D eigenvalue weighted by molar-refractivity contribution is -0.142. The van der Waals surface area contributed by atoms with Crippen LogP contribution in [-0.2, 0) is 16.0 Å². The van der Waals surface area contributed by atoms with Crippen LogP contribution in [0.5, 0.6) is 0 Å². The van der Waals surface area contributed by atoms with Crippen LogP contribution in [0.2, 0.25) is 5.02 Å². The molecule has 0 atom stereocenters. The summed E-state index contributed by atoms with van der Waals surface area (Å²) in [4.78, 5) is 20.4. The second-order valence-corrected chi connectivity index (χ2v) is 5.46. The van der Waals surface area contributed by atoms with E-state index in [1.807, 2.05) is 18.2 Å². The minimum Gasteiger partial charge on any atom is -0.466 e. The van der Waals surface area contributed by atoms with E-state index in [2.05, 4.69) is 9.97 Å². The van der Waals surface area contributed by atoms with E-state index in [4.69, 9.17) is 20.8 Å². The van der Waals surface area contributed by atoms with Gasteiger partial charge in [0, 0.05) is 28.5 Å². The van der Waals surface area contributed by atoms with Crippen molar-refractivity contribution in [1.82, 2.24) is 9.97 Å². The molecule has 2 aromatic heterocycles. The molecule has 2 heterocycles. The average molecular weight is 343 g/mol. The Labute approximate surface area is 144 Å². The Hall–Kier alpha value is -2.66. The predicted octanol–water partition coefficient (Wildman–Crippen LogP) is 4.16. The maximum atomic E-state index is 11.8. The fourth-order valence-corrected chi connectivity index (χ4v) is 2.38. The minimum absolute atomic E-state index is 0.0369. The van der Waals surface area contributed by atoms with Gasteiger partial charge in [0.1, 0.15) is 0 Å². The Kier molecular flexibility index (Phi) is 4.91. The van der Waals surface area contributed by atoms with E-state index in [0.717, 1.165) is 11.1 Å². The Morgan fingerprint density at radius 2 is 2.00 bits per heavy atom. The number of halogens is 1. The summed E-state index contributed by atoms with van der Waals surface area (Å²) in [6.07, 6.45) is 3.38. The van der Waals surface area contributed by atoms with Crippen molar-refractivity contribution in [1.29, 1.82) is 0 Å². The fourth-order valence-electron chi connectivity index (χ4n) is 2.26. The highest BCUT2D eigenvalue weighted by atomic mass is 35.5. The summed E-state index contributed by atoms with van der Waals surface area (Å²) in [6.45, 7) is 2.09. The van der Waals surface area contributed by atoms with Crippen molar-refractivity contribution in [2.24, 2.45) is 0 Å². The third-order valence-electron chi connectivity index (χ3n) is 3.33. The molecule has 0 bridgehead atoms. The van der Waals surface area contributed by atoms with Gasteiger partial charge in [0.2, 0.25) is 5.89 Å². The molecule has 0 aliphatic carbocycles. The number of oxazole rings is 1. The standard InChI is InChI=1S/C18H15ClN2O3/c1-2-23-16(22)10-15-17(13-4-3-9-20-11-13)24-18(21-15)12-5-7-14(19)8-6-12/h3-9,11H,2,10H2,1H3. The Morgan fingerprint density at radius 3 is 2.67 bits per heavy atom. The van der Waals surface area contributed by atoms with Crippen LogP contribution in [0, 0.1) is 0 Å². The normalized spacial score (nSPS) is 10.6. The highest BCUT2D eigenvalue weighted by Gasteiger charge is 2.19. The first kappa shape index (κ1) is 16.2. The maximum absolute atomic E-state index is 11.8. The molecule has 0 radical (unpaired) electrons. The van der Waals surface area contributed by atoms with Gasteiger partial charge in [0.25, 0.3) is 0 Å². The van der Waals surface area contributed by atoms with Gasteiger partial charge in [-0.05, 0) is 43.3 Å². The first-order valence-corrected chi connectivity index (χ1v) is 7.87. The SMILES string of the molecule is CCOC(=O)Cc1nc(-c2ccc(Cl)cc2)oc1-c1cccnc1. The number of hydrogen-bond donors (Lipinski definition) is 0. The average Bonchev–Trinajstić information content (AvgIpc) is 3.00. The van der Waals surface area contributed by atoms with Gasteiger partial charge in [0.15, 0.2) is 5.76 Å². The summed E-state index contributed by atoms with van der Waals surface area (Å²) in [5, 5.41) is 0.629. The molecule has 24 heavy (non-hydrogen) atoms. The lowest BCUT2D eigenvalue weighted by Crippen LogP contribution is -2.08. The third kappa shape index (κ3) is 3.63. The smallest absolute Gasteiger partial charge is 0.312 e. The first-order valence-electron chi connectivity index (χ1n) is 7.49. The topological polar surface area (TPSA) is 65.2 Å². The summed E-state index contributed by atoms with van der Waals surface area (Å²) in [5.41, 5.74) is 2.05. The Bertz CT molecular complexity index is 829. The summed E-state index contributed by atoms with van der Waals surface area (Å²) >= 11 is 5.91. The molecule has 0 unspecified atom stereocenters. The number of aromatic nitrogens is 2. The molecular formula is C18H15ClN2O3. The summed E-state index contributed by atoms with van der Waals surface area (Å²) in [6, 6.07) is 10.8.